The standard InChI is InChI=1S/C72H71N8O15P/c1-45-39-79(71(86)78-69(45)84)63-37-59(82)61(93-63)42-92-96(91-36-12-35-73)95-60-38-64(94-62(60)41-90-72(48-13-5-4-6-14-48,49-26-31-52(87-2)32-27-49)50-28-33-53(88-3)34-29-50)80-44-76-66-67(74-43-75-68(66)80)77-70(85)47-24-21-46(22-25-47)23-30-51(81)15-11-20-65(83)89-40-58-56-18-9-7-16-54(56)55-17-8-10-19-57(55)58/h4-10,13-14,16-19,21-22,24-29,31-34,39,43-44,58-64,82H,11-12,15,20,23,30,36-38,40-42H2,1-3H3,(H,78,84,86)(H,74,75,77,85)/t59?,60?,61-,62-,63-,64-,96?/m1/s1. The van der Waals surface area contributed by atoms with Gasteiger partial charge in [0.05, 0.1) is 65.1 Å². The van der Waals surface area contributed by atoms with Crippen LogP contribution in [0.4, 0.5) is 5.82 Å². The Morgan fingerprint density at radius 3 is 2.05 bits per heavy atom. The van der Waals surface area contributed by atoms with E-state index >= 15 is 0 Å². The zero-order valence-electron chi connectivity index (χ0n) is 53.0. The highest BCUT2D eigenvalue weighted by atomic mass is 31.2. The number of aliphatic hydroxyl groups is 1. The number of Topliss-reactive ketones (excluding diaryl/α,β-unsaturated/α-hetero) is 1. The van der Waals surface area contributed by atoms with Gasteiger partial charge in [0.25, 0.3) is 11.5 Å². The van der Waals surface area contributed by atoms with Gasteiger partial charge in [-0.2, -0.15) is 5.26 Å². The summed E-state index contributed by atoms with van der Waals surface area (Å²) in [5.41, 5.74) is 6.45. The van der Waals surface area contributed by atoms with Gasteiger partial charge in [0.1, 0.15) is 60.5 Å². The zero-order chi connectivity index (χ0) is 66.7. The third-order valence-corrected chi connectivity index (χ3v) is 18.7. The number of carbonyl (C=O) groups is 3. The van der Waals surface area contributed by atoms with Crippen LogP contribution in [0.1, 0.15) is 113 Å². The smallest absolute Gasteiger partial charge is 0.333 e. The molecule has 7 atom stereocenters. The number of esters is 1. The van der Waals surface area contributed by atoms with E-state index in [4.69, 9.17) is 47.0 Å². The number of hydrogen-bond acceptors (Lipinski definition) is 19. The lowest BCUT2D eigenvalue weighted by atomic mass is 9.80. The van der Waals surface area contributed by atoms with Crippen LogP contribution in [0.25, 0.3) is 22.3 Å². The average molecular weight is 1320 g/mol. The van der Waals surface area contributed by atoms with Gasteiger partial charge in [0.2, 0.25) is 0 Å². The van der Waals surface area contributed by atoms with Gasteiger partial charge in [-0.25, -0.2) is 19.7 Å². The van der Waals surface area contributed by atoms with Gasteiger partial charge in [-0.15, -0.1) is 0 Å². The number of amides is 1. The molecular weight excluding hydrogens is 1250 g/mol. The summed E-state index contributed by atoms with van der Waals surface area (Å²) in [6.07, 6.45) is 0.278. The van der Waals surface area contributed by atoms with Crippen molar-refractivity contribution in [2.45, 2.75) is 107 Å². The summed E-state index contributed by atoms with van der Waals surface area (Å²) < 4.78 is 59.6. The van der Waals surface area contributed by atoms with Gasteiger partial charge in [-0.1, -0.05) is 115 Å². The Kier molecular flexibility index (Phi) is 21.1. The minimum absolute atomic E-state index is 0.00479. The summed E-state index contributed by atoms with van der Waals surface area (Å²) in [5, 5.41) is 23.7. The molecule has 9 aromatic rings. The highest BCUT2D eigenvalue weighted by Gasteiger charge is 2.45. The van der Waals surface area contributed by atoms with Crippen molar-refractivity contribution < 1.29 is 61.5 Å². The number of anilines is 1. The van der Waals surface area contributed by atoms with E-state index in [1.54, 1.807) is 50.0 Å². The summed E-state index contributed by atoms with van der Waals surface area (Å²) in [7, 11) is 0.857. The van der Waals surface area contributed by atoms with Crippen molar-refractivity contribution in [1.29, 1.82) is 5.26 Å². The normalized spacial score (nSPS) is 18.5. The Bertz CT molecular complexity index is 4280. The molecular formula is C72H71N8O15P. The lowest BCUT2D eigenvalue weighted by Crippen LogP contribution is -2.38. The van der Waals surface area contributed by atoms with Crippen LogP contribution in [-0.4, -0.2) is 117 Å². The van der Waals surface area contributed by atoms with E-state index in [-0.39, 0.29) is 99.5 Å². The van der Waals surface area contributed by atoms with Gasteiger partial charge in [-0.3, -0.25) is 33.3 Å². The number of H-pyrrole nitrogens is 1. The van der Waals surface area contributed by atoms with E-state index in [0.717, 1.165) is 44.5 Å². The lowest BCUT2D eigenvalue weighted by Gasteiger charge is -2.37. The predicted molar refractivity (Wildman–Crippen MR) is 353 cm³/mol. The number of aryl methyl sites for hydroxylation is 2. The first-order valence-electron chi connectivity index (χ1n) is 31.6. The van der Waals surface area contributed by atoms with Crippen molar-refractivity contribution in [3.8, 4) is 28.7 Å². The molecule has 23 nitrogen and oxygen atoms in total. The predicted octanol–water partition coefficient (Wildman–Crippen LogP) is 10.5. The monoisotopic (exact) mass is 1320 g/mol. The van der Waals surface area contributed by atoms with E-state index in [9.17, 15) is 34.3 Å². The Morgan fingerprint density at radius 1 is 0.729 bits per heavy atom. The minimum atomic E-state index is -2.33. The summed E-state index contributed by atoms with van der Waals surface area (Å²) in [4.78, 5) is 80.8. The van der Waals surface area contributed by atoms with Crippen LogP contribution in [0, 0.1) is 18.3 Å². The first-order valence-corrected chi connectivity index (χ1v) is 32.7. The Morgan fingerprint density at radius 2 is 1.38 bits per heavy atom. The Balaban J connectivity index is 0.735. The van der Waals surface area contributed by atoms with E-state index in [0.29, 0.717) is 35.6 Å². The number of aromatic nitrogens is 6. The number of nitrogens with zero attached hydrogens (tertiary/aromatic N) is 6. The van der Waals surface area contributed by atoms with Crippen molar-refractivity contribution in [1.82, 2.24) is 29.1 Å². The molecule has 5 heterocycles. The molecule has 2 saturated heterocycles. The van der Waals surface area contributed by atoms with Crippen LogP contribution in [0.15, 0.2) is 180 Å². The molecule has 2 aliphatic heterocycles. The van der Waals surface area contributed by atoms with Crippen molar-refractivity contribution in [2.75, 3.05) is 46.0 Å². The molecule has 24 heteroatoms. The highest BCUT2D eigenvalue weighted by molar-refractivity contribution is 7.41. The molecule has 3 aliphatic rings. The molecule has 0 spiro atoms. The summed E-state index contributed by atoms with van der Waals surface area (Å²) >= 11 is 0. The number of aliphatic hydroxyl groups excluding tert-OH is 1. The first-order chi connectivity index (χ1) is 46.8. The number of benzene rings is 6. The molecule has 1 amide bonds. The van der Waals surface area contributed by atoms with E-state index in [1.807, 2.05) is 103 Å². The van der Waals surface area contributed by atoms with Crippen LogP contribution in [0.2, 0.25) is 0 Å². The largest absolute Gasteiger partial charge is 0.497 e. The van der Waals surface area contributed by atoms with E-state index < -0.39 is 68.2 Å². The van der Waals surface area contributed by atoms with Crippen LogP contribution < -0.4 is 26.0 Å². The SMILES string of the molecule is COc1ccc(C(OC[C@H]2O[C@@H](n3cnc4c(NC(=O)c5ccc(CCC(=O)CCCC(=O)OCC6c7ccccc7-c7ccccc76)cc5)ncnc43)CC2OP(OCCC#N)OC[C@H]2O[C@@H](n3cc(C)c(=O)[nH]c3=O)CC2O)(c2ccccc2)c2ccc(OC)cc2)cc1. The first kappa shape index (κ1) is 66.4. The molecule has 494 valence electrons. The number of hydrogen-bond donors (Lipinski definition) is 3. The molecule has 2 fully saturated rings. The third kappa shape index (κ3) is 14.8. The number of nitrogens with one attached hydrogen (secondary N) is 2. The molecule has 96 heavy (non-hydrogen) atoms. The number of ketones is 1. The molecule has 12 rings (SSSR count). The van der Waals surface area contributed by atoms with Crippen LogP contribution >= 0.6 is 8.60 Å². The van der Waals surface area contributed by atoms with Crippen LogP contribution in [-0.2, 0) is 54.1 Å². The fraction of sp³-hybridized carbons (Fsp3) is 0.319. The number of carbonyl (C=O) groups excluding carboxylic acids is 3. The maximum Gasteiger partial charge on any atom is 0.333 e. The fourth-order valence-electron chi connectivity index (χ4n) is 12.4. The summed E-state index contributed by atoms with van der Waals surface area (Å²) in [6, 6.07) is 50.3. The maximum atomic E-state index is 13.9. The number of rotatable bonds is 29. The van der Waals surface area contributed by atoms with Gasteiger partial charge >= 0.3 is 20.3 Å². The summed E-state index contributed by atoms with van der Waals surface area (Å²) in [5.74, 6) is 0.594. The second kappa shape index (κ2) is 30.4. The average Bonchev–Trinajstić information content (AvgIpc) is 0.864. The molecule has 3 unspecified atom stereocenters. The number of nitriles is 1. The second-order valence-corrected chi connectivity index (χ2v) is 24.7. The quantitative estimate of drug-likeness (QED) is 0.0170. The number of imidazole rings is 1. The topological polar surface area (TPSA) is 289 Å². The van der Waals surface area contributed by atoms with Gasteiger partial charge in [-0.05, 0) is 101 Å². The Hall–Kier alpha value is -9.60. The fourth-order valence-corrected chi connectivity index (χ4v) is 13.6. The van der Waals surface area contributed by atoms with Crippen molar-refractivity contribution >= 4 is 43.2 Å². The van der Waals surface area contributed by atoms with Gasteiger partial charge < -0.3 is 52.4 Å². The minimum Gasteiger partial charge on any atom is -0.497 e. The molecule has 6 aromatic carbocycles. The van der Waals surface area contributed by atoms with Crippen molar-refractivity contribution in [2.24, 2.45) is 0 Å². The van der Waals surface area contributed by atoms with E-state index in [1.165, 1.54) is 23.4 Å². The van der Waals surface area contributed by atoms with Gasteiger partial charge in [0.15, 0.2) is 17.0 Å². The van der Waals surface area contributed by atoms with Crippen LogP contribution in [0.5, 0.6) is 11.5 Å². The van der Waals surface area contributed by atoms with E-state index in [2.05, 4.69) is 50.6 Å². The zero-order valence-corrected chi connectivity index (χ0v) is 53.9. The molecule has 0 radical (unpaired) electrons. The number of fused-ring (bicyclic) bond motifs is 4. The third-order valence-electron chi connectivity index (χ3n) is 17.5. The van der Waals surface area contributed by atoms with Crippen LogP contribution in [0.3, 0.4) is 0 Å². The number of aromatic amines is 1. The molecule has 3 aromatic heterocycles. The summed E-state index contributed by atoms with van der Waals surface area (Å²) in [6.45, 7) is 1.35. The highest BCUT2D eigenvalue weighted by Crippen LogP contribution is 2.49. The maximum absolute atomic E-state index is 13.9. The Labute approximate surface area is 553 Å². The molecule has 3 N–H and O–H groups in total. The second-order valence-electron chi connectivity index (χ2n) is 23.5. The molecule has 1 aliphatic carbocycles. The van der Waals surface area contributed by atoms with Gasteiger partial charge in [0, 0.05) is 55.3 Å². The lowest BCUT2D eigenvalue weighted by molar-refractivity contribution is -0.144. The number of methoxy groups -OCH3 is 2. The molecule has 0 bridgehead atoms. The van der Waals surface area contributed by atoms with Crippen molar-refractivity contribution in [3.05, 3.63) is 236 Å². The number of ether oxygens (including phenoxy) is 6. The van der Waals surface area contributed by atoms with Crippen molar-refractivity contribution in [3.63, 3.8) is 0 Å². The molecule has 0 saturated carbocycles.